The van der Waals surface area contributed by atoms with Gasteiger partial charge in [-0.3, -0.25) is 0 Å². The quantitative estimate of drug-likeness (QED) is 0.793. The standard InChI is InChI=1S/C10H13ClN2.2ClH/c11-10-7-9(3-6-13-10)8-1-4-12-5-2-8;;/h3,6-8,12H,1-2,4-5H2;2*1H. The van der Waals surface area contributed by atoms with Gasteiger partial charge >= 0.3 is 0 Å². The predicted octanol–water partition coefficient (Wildman–Crippen LogP) is 3.05. The first-order valence-corrected chi connectivity index (χ1v) is 5.06. The molecule has 1 aromatic rings. The van der Waals surface area contributed by atoms with Crippen molar-refractivity contribution in [2.45, 2.75) is 18.8 Å². The largest absolute Gasteiger partial charge is 0.317 e. The molecular weight excluding hydrogens is 254 g/mol. The van der Waals surface area contributed by atoms with Gasteiger partial charge in [0.15, 0.2) is 0 Å². The van der Waals surface area contributed by atoms with Gasteiger partial charge in [-0.25, -0.2) is 4.98 Å². The van der Waals surface area contributed by atoms with E-state index in [0.717, 1.165) is 13.1 Å². The lowest BCUT2D eigenvalue weighted by Crippen LogP contribution is -2.26. The van der Waals surface area contributed by atoms with Crippen LogP contribution in [0.3, 0.4) is 0 Å². The van der Waals surface area contributed by atoms with Crippen LogP contribution in [0.25, 0.3) is 0 Å². The number of nitrogens with one attached hydrogen (secondary N) is 1. The van der Waals surface area contributed by atoms with Gasteiger partial charge in [0.1, 0.15) is 5.15 Å². The Bertz CT molecular complexity index is 288. The SMILES string of the molecule is Cl.Cl.Clc1cc(C2CCNCC2)ccn1. The fourth-order valence-corrected chi connectivity index (χ4v) is 2.01. The minimum absolute atomic E-state index is 0. The minimum atomic E-state index is 0. The van der Waals surface area contributed by atoms with Gasteiger partial charge in [0.05, 0.1) is 0 Å². The van der Waals surface area contributed by atoms with Crippen LogP contribution in [0.1, 0.15) is 24.3 Å². The van der Waals surface area contributed by atoms with Gasteiger partial charge in [-0.1, -0.05) is 11.6 Å². The van der Waals surface area contributed by atoms with E-state index in [0.29, 0.717) is 11.1 Å². The molecule has 0 aliphatic carbocycles. The molecule has 2 heterocycles. The molecule has 1 aliphatic rings. The van der Waals surface area contributed by atoms with Gasteiger partial charge in [0.2, 0.25) is 0 Å². The Morgan fingerprint density at radius 2 is 1.93 bits per heavy atom. The van der Waals surface area contributed by atoms with Crippen molar-refractivity contribution in [3.63, 3.8) is 0 Å². The summed E-state index contributed by atoms with van der Waals surface area (Å²) < 4.78 is 0. The number of nitrogens with zero attached hydrogens (tertiary/aromatic N) is 1. The van der Waals surface area contributed by atoms with E-state index < -0.39 is 0 Å². The van der Waals surface area contributed by atoms with E-state index in [4.69, 9.17) is 11.6 Å². The van der Waals surface area contributed by atoms with E-state index >= 15 is 0 Å². The van der Waals surface area contributed by atoms with Gasteiger partial charge in [-0.05, 0) is 49.5 Å². The van der Waals surface area contributed by atoms with E-state index in [2.05, 4.69) is 16.4 Å². The van der Waals surface area contributed by atoms with Crippen LogP contribution in [0.2, 0.25) is 5.15 Å². The fraction of sp³-hybridized carbons (Fsp3) is 0.500. The van der Waals surface area contributed by atoms with E-state index in [-0.39, 0.29) is 24.8 Å². The van der Waals surface area contributed by atoms with E-state index in [9.17, 15) is 0 Å². The van der Waals surface area contributed by atoms with Crippen molar-refractivity contribution in [3.8, 4) is 0 Å². The van der Waals surface area contributed by atoms with Crippen molar-refractivity contribution < 1.29 is 0 Å². The molecule has 5 heteroatoms. The smallest absolute Gasteiger partial charge is 0.129 e. The van der Waals surface area contributed by atoms with Crippen molar-refractivity contribution in [1.82, 2.24) is 10.3 Å². The lowest BCUT2D eigenvalue weighted by Gasteiger charge is -2.22. The molecule has 0 bridgehead atoms. The number of halogens is 3. The van der Waals surface area contributed by atoms with Crippen molar-refractivity contribution in [2.75, 3.05) is 13.1 Å². The number of aromatic nitrogens is 1. The summed E-state index contributed by atoms with van der Waals surface area (Å²) in [5.74, 6) is 0.668. The summed E-state index contributed by atoms with van der Waals surface area (Å²) >= 11 is 5.84. The Morgan fingerprint density at radius 3 is 2.53 bits per heavy atom. The average Bonchev–Trinajstić information content (AvgIpc) is 2.19. The predicted molar refractivity (Wildman–Crippen MR) is 68.6 cm³/mol. The highest BCUT2D eigenvalue weighted by atomic mass is 35.5. The summed E-state index contributed by atoms with van der Waals surface area (Å²) in [6.45, 7) is 2.23. The summed E-state index contributed by atoms with van der Waals surface area (Å²) in [6.07, 6.45) is 4.21. The third-order valence-electron chi connectivity index (χ3n) is 2.56. The lowest BCUT2D eigenvalue weighted by molar-refractivity contribution is 0.460. The van der Waals surface area contributed by atoms with Crippen molar-refractivity contribution >= 4 is 36.4 Å². The summed E-state index contributed by atoms with van der Waals surface area (Å²) in [5.41, 5.74) is 1.33. The van der Waals surface area contributed by atoms with Gasteiger partial charge < -0.3 is 5.32 Å². The second kappa shape index (κ2) is 7.29. The highest BCUT2D eigenvalue weighted by molar-refractivity contribution is 6.29. The topological polar surface area (TPSA) is 24.9 Å². The van der Waals surface area contributed by atoms with Crippen LogP contribution in [-0.2, 0) is 0 Å². The van der Waals surface area contributed by atoms with E-state index in [1.54, 1.807) is 6.20 Å². The Hall–Kier alpha value is -0.0200. The van der Waals surface area contributed by atoms with Crippen molar-refractivity contribution in [3.05, 3.63) is 29.0 Å². The first-order valence-electron chi connectivity index (χ1n) is 4.68. The van der Waals surface area contributed by atoms with E-state index in [1.165, 1.54) is 18.4 Å². The molecule has 86 valence electrons. The first-order chi connectivity index (χ1) is 6.36. The number of pyridine rings is 1. The third-order valence-corrected chi connectivity index (χ3v) is 2.77. The molecule has 15 heavy (non-hydrogen) atoms. The van der Waals surface area contributed by atoms with Crippen LogP contribution in [0.4, 0.5) is 0 Å². The van der Waals surface area contributed by atoms with Crippen molar-refractivity contribution in [1.29, 1.82) is 0 Å². The van der Waals surface area contributed by atoms with Crippen LogP contribution >= 0.6 is 36.4 Å². The second-order valence-electron chi connectivity index (χ2n) is 3.44. The summed E-state index contributed by atoms with van der Waals surface area (Å²) in [7, 11) is 0. The van der Waals surface area contributed by atoms with Crippen LogP contribution in [0.15, 0.2) is 18.3 Å². The van der Waals surface area contributed by atoms with Crippen LogP contribution in [0, 0.1) is 0 Å². The zero-order valence-electron chi connectivity index (χ0n) is 8.28. The maximum absolute atomic E-state index is 5.84. The normalized spacial score (nSPS) is 16.3. The summed E-state index contributed by atoms with van der Waals surface area (Å²) in [5, 5.41) is 3.96. The lowest BCUT2D eigenvalue weighted by atomic mass is 9.91. The Balaban J connectivity index is 0.000000980. The Labute approximate surface area is 108 Å². The molecule has 1 fully saturated rings. The monoisotopic (exact) mass is 268 g/mol. The number of hydrogen-bond donors (Lipinski definition) is 1. The maximum Gasteiger partial charge on any atom is 0.129 e. The van der Waals surface area contributed by atoms with Crippen molar-refractivity contribution in [2.24, 2.45) is 0 Å². The highest BCUT2D eigenvalue weighted by Crippen LogP contribution is 2.25. The third kappa shape index (κ3) is 4.15. The maximum atomic E-state index is 5.84. The molecular formula is C10H15Cl3N2. The molecule has 0 aromatic carbocycles. The molecule has 0 unspecified atom stereocenters. The number of piperidine rings is 1. The number of rotatable bonds is 1. The molecule has 2 rings (SSSR count). The zero-order valence-corrected chi connectivity index (χ0v) is 10.7. The second-order valence-corrected chi connectivity index (χ2v) is 3.82. The fourth-order valence-electron chi connectivity index (χ4n) is 1.83. The van der Waals surface area contributed by atoms with Gasteiger partial charge in [-0.2, -0.15) is 0 Å². The van der Waals surface area contributed by atoms with Crippen LogP contribution in [-0.4, -0.2) is 18.1 Å². The van der Waals surface area contributed by atoms with Crippen LogP contribution in [0.5, 0.6) is 0 Å². The van der Waals surface area contributed by atoms with Crippen LogP contribution < -0.4 is 5.32 Å². The molecule has 0 amide bonds. The van der Waals surface area contributed by atoms with Gasteiger partial charge in [-0.15, -0.1) is 24.8 Å². The molecule has 1 saturated heterocycles. The molecule has 0 atom stereocenters. The average molecular weight is 270 g/mol. The molecule has 1 N–H and O–H groups in total. The highest BCUT2D eigenvalue weighted by Gasteiger charge is 2.14. The van der Waals surface area contributed by atoms with Gasteiger partial charge in [0, 0.05) is 6.20 Å². The zero-order chi connectivity index (χ0) is 9.10. The summed E-state index contributed by atoms with van der Waals surface area (Å²) in [6, 6.07) is 4.05. The molecule has 2 nitrogen and oxygen atoms in total. The molecule has 0 spiro atoms. The van der Waals surface area contributed by atoms with E-state index in [1.807, 2.05) is 6.07 Å². The molecule has 1 aliphatic heterocycles. The molecule has 0 saturated carbocycles. The first kappa shape index (κ1) is 15.0. The Morgan fingerprint density at radius 1 is 1.27 bits per heavy atom. The Kier molecular flexibility index (Phi) is 7.28. The summed E-state index contributed by atoms with van der Waals surface area (Å²) in [4.78, 5) is 3.98. The molecule has 1 aromatic heterocycles. The molecule has 0 radical (unpaired) electrons. The van der Waals surface area contributed by atoms with Gasteiger partial charge in [0.25, 0.3) is 0 Å². The minimum Gasteiger partial charge on any atom is -0.317 e. The number of hydrogen-bond acceptors (Lipinski definition) is 2.